The van der Waals surface area contributed by atoms with Gasteiger partial charge in [-0.25, -0.2) is 0 Å². The Kier molecular flexibility index (Phi) is 8.67. The van der Waals surface area contributed by atoms with E-state index in [2.05, 4.69) is 26.1 Å². The van der Waals surface area contributed by atoms with Crippen LogP contribution >= 0.6 is 0 Å². The summed E-state index contributed by atoms with van der Waals surface area (Å²) >= 11 is 0. The van der Waals surface area contributed by atoms with Gasteiger partial charge < -0.3 is 14.8 Å². The summed E-state index contributed by atoms with van der Waals surface area (Å²) in [4.78, 5) is 0. The van der Waals surface area contributed by atoms with Crippen LogP contribution in [0.1, 0.15) is 46.5 Å². The van der Waals surface area contributed by atoms with E-state index in [1.807, 2.05) is 0 Å². The van der Waals surface area contributed by atoms with Crippen LogP contribution in [0, 0.1) is 17.8 Å². The molecule has 1 rings (SSSR count). The molecule has 4 unspecified atom stereocenters. The van der Waals surface area contributed by atoms with Gasteiger partial charge in [0.25, 0.3) is 0 Å². The van der Waals surface area contributed by atoms with Gasteiger partial charge in [-0.2, -0.15) is 0 Å². The standard InChI is InChI=1S/C16H33NO2/c1-5-17-16(8-9-19-11-10-18-4)15-7-6-13(2)14(3)12-15/h13-17H,5-12H2,1-4H3. The minimum Gasteiger partial charge on any atom is -0.382 e. The molecule has 0 spiro atoms. The Morgan fingerprint density at radius 3 is 2.53 bits per heavy atom. The molecule has 4 atom stereocenters. The van der Waals surface area contributed by atoms with Crippen molar-refractivity contribution < 1.29 is 9.47 Å². The van der Waals surface area contributed by atoms with Gasteiger partial charge in [-0.15, -0.1) is 0 Å². The monoisotopic (exact) mass is 271 g/mol. The highest BCUT2D eigenvalue weighted by molar-refractivity contribution is 4.83. The van der Waals surface area contributed by atoms with Crippen LogP contribution in [0.2, 0.25) is 0 Å². The molecule has 114 valence electrons. The molecular weight excluding hydrogens is 238 g/mol. The highest BCUT2D eigenvalue weighted by atomic mass is 16.5. The lowest BCUT2D eigenvalue weighted by molar-refractivity contribution is 0.0588. The summed E-state index contributed by atoms with van der Waals surface area (Å²) in [6.07, 6.45) is 5.26. The van der Waals surface area contributed by atoms with Crippen molar-refractivity contribution in [3.63, 3.8) is 0 Å². The molecule has 0 amide bonds. The maximum Gasteiger partial charge on any atom is 0.0700 e. The summed E-state index contributed by atoms with van der Waals surface area (Å²) in [7, 11) is 1.72. The first-order valence-electron chi connectivity index (χ1n) is 7.99. The van der Waals surface area contributed by atoms with E-state index in [0.29, 0.717) is 19.3 Å². The third-order valence-corrected chi connectivity index (χ3v) is 4.68. The van der Waals surface area contributed by atoms with E-state index in [-0.39, 0.29) is 0 Å². The van der Waals surface area contributed by atoms with Crippen LogP contribution in [0.15, 0.2) is 0 Å². The molecule has 1 aliphatic rings. The molecule has 3 nitrogen and oxygen atoms in total. The molecule has 0 heterocycles. The lowest BCUT2D eigenvalue weighted by Gasteiger charge is -2.37. The SMILES string of the molecule is CCNC(CCOCCOC)C1CCC(C)C(C)C1. The van der Waals surface area contributed by atoms with Crippen LogP contribution in [0.25, 0.3) is 0 Å². The molecule has 0 aromatic heterocycles. The van der Waals surface area contributed by atoms with Gasteiger partial charge in [0.15, 0.2) is 0 Å². The lowest BCUT2D eigenvalue weighted by Crippen LogP contribution is -2.40. The molecule has 1 fully saturated rings. The maximum absolute atomic E-state index is 5.62. The Balaban J connectivity index is 2.30. The van der Waals surface area contributed by atoms with Crippen molar-refractivity contribution in [1.82, 2.24) is 5.32 Å². The average Bonchev–Trinajstić information content (AvgIpc) is 2.40. The summed E-state index contributed by atoms with van der Waals surface area (Å²) in [6.45, 7) is 10.3. The summed E-state index contributed by atoms with van der Waals surface area (Å²) < 4.78 is 10.6. The molecule has 1 aliphatic carbocycles. The molecule has 1 saturated carbocycles. The van der Waals surface area contributed by atoms with Crippen LogP contribution in [-0.2, 0) is 9.47 Å². The second-order valence-electron chi connectivity index (χ2n) is 6.09. The smallest absolute Gasteiger partial charge is 0.0700 e. The van der Waals surface area contributed by atoms with Gasteiger partial charge in [0.2, 0.25) is 0 Å². The van der Waals surface area contributed by atoms with E-state index in [9.17, 15) is 0 Å². The molecule has 0 aromatic carbocycles. The van der Waals surface area contributed by atoms with Gasteiger partial charge in [-0.1, -0.05) is 27.2 Å². The normalized spacial score (nSPS) is 29.4. The second-order valence-corrected chi connectivity index (χ2v) is 6.09. The van der Waals surface area contributed by atoms with Crippen LogP contribution in [0.4, 0.5) is 0 Å². The van der Waals surface area contributed by atoms with Crippen molar-refractivity contribution in [2.45, 2.75) is 52.5 Å². The molecule has 0 radical (unpaired) electrons. The van der Waals surface area contributed by atoms with Crippen molar-refractivity contribution in [3.05, 3.63) is 0 Å². The Bertz CT molecular complexity index is 223. The molecule has 19 heavy (non-hydrogen) atoms. The lowest BCUT2D eigenvalue weighted by atomic mass is 9.72. The molecule has 0 bridgehead atoms. The van der Waals surface area contributed by atoms with E-state index in [1.54, 1.807) is 7.11 Å². The minimum atomic E-state index is 0.627. The van der Waals surface area contributed by atoms with Gasteiger partial charge in [0.05, 0.1) is 13.2 Å². The zero-order valence-electron chi connectivity index (χ0n) is 13.3. The van der Waals surface area contributed by atoms with Crippen LogP contribution < -0.4 is 5.32 Å². The molecular formula is C16H33NO2. The highest BCUT2D eigenvalue weighted by Crippen LogP contribution is 2.35. The summed E-state index contributed by atoms with van der Waals surface area (Å²) in [5.74, 6) is 2.60. The molecule has 0 saturated heterocycles. The van der Waals surface area contributed by atoms with Crippen LogP contribution in [0.3, 0.4) is 0 Å². The number of rotatable bonds is 9. The van der Waals surface area contributed by atoms with Crippen molar-refractivity contribution in [1.29, 1.82) is 0 Å². The topological polar surface area (TPSA) is 30.5 Å². The molecule has 3 heteroatoms. The van der Waals surface area contributed by atoms with Gasteiger partial charge in [-0.05, 0) is 43.6 Å². The van der Waals surface area contributed by atoms with Crippen LogP contribution in [0.5, 0.6) is 0 Å². The summed E-state index contributed by atoms with van der Waals surface area (Å²) in [6, 6.07) is 0.627. The van der Waals surface area contributed by atoms with E-state index >= 15 is 0 Å². The second kappa shape index (κ2) is 9.73. The first-order valence-corrected chi connectivity index (χ1v) is 7.99. The van der Waals surface area contributed by atoms with E-state index < -0.39 is 0 Å². The quantitative estimate of drug-likeness (QED) is 0.654. The third kappa shape index (κ3) is 6.24. The Labute approximate surface area is 119 Å². The first kappa shape index (κ1) is 16.9. The number of nitrogens with one attached hydrogen (secondary N) is 1. The van der Waals surface area contributed by atoms with Gasteiger partial charge in [0, 0.05) is 19.8 Å². The molecule has 0 aromatic rings. The Hall–Kier alpha value is -0.120. The summed E-state index contributed by atoms with van der Waals surface area (Å²) in [5.41, 5.74) is 0. The molecule has 0 aliphatic heterocycles. The maximum atomic E-state index is 5.62. The predicted molar refractivity (Wildman–Crippen MR) is 80.4 cm³/mol. The van der Waals surface area contributed by atoms with Gasteiger partial charge in [-0.3, -0.25) is 0 Å². The first-order chi connectivity index (χ1) is 9.19. The fraction of sp³-hybridized carbons (Fsp3) is 1.00. The van der Waals surface area contributed by atoms with Crippen molar-refractivity contribution in [2.24, 2.45) is 17.8 Å². The Morgan fingerprint density at radius 2 is 1.89 bits per heavy atom. The summed E-state index contributed by atoms with van der Waals surface area (Å²) in [5, 5.41) is 3.67. The van der Waals surface area contributed by atoms with Crippen molar-refractivity contribution in [3.8, 4) is 0 Å². The van der Waals surface area contributed by atoms with Gasteiger partial charge >= 0.3 is 0 Å². The number of hydrogen-bond acceptors (Lipinski definition) is 3. The third-order valence-electron chi connectivity index (χ3n) is 4.68. The molecule has 1 N–H and O–H groups in total. The van der Waals surface area contributed by atoms with Crippen LogP contribution in [-0.4, -0.2) is 39.5 Å². The van der Waals surface area contributed by atoms with Crippen molar-refractivity contribution in [2.75, 3.05) is 33.5 Å². The van der Waals surface area contributed by atoms with Crippen molar-refractivity contribution >= 4 is 0 Å². The van der Waals surface area contributed by atoms with E-state index in [4.69, 9.17) is 9.47 Å². The largest absolute Gasteiger partial charge is 0.382 e. The number of ether oxygens (including phenoxy) is 2. The zero-order chi connectivity index (χ0) is 14.1. The fourth-order valence-corrected chi connectivity index (χ4v) is 3.18. The minimum absolute atomic E-state index is 0.627. The fourth-order valence-electron chi connectivity index (χ4n) is 3.18. The van der Waals surface area contributed by atoms with E-state index in [0.717, 1.165) is 37.3 Å². The van der Waals surface area contributed by atoms with Gasteiger partial charge in [0.1, 0.15) is 0 Å². The predicted octanol–water partition coefficient (Wildman–Crippen LogP) is 3.09. The number of hydrogen-bond donors (Lipinski definition) is 1. The number of methoxy groups -OCH3 is 1. The van der Waals surface area contributed by atoms with E-state index in [1.165, 1.54) is 19.3 Å². The average molecular weight is 271 g/mol. The Morgan fingerprint density at radius 1 is 1.11 bits per heavy atom. The highest BCUT2D eigenvalue weighted by Gasteiger charge is 2.29. The zero-order valence-corrected chi connectivity index (χ0v) is 13.3.